The molecule has 1 saturated heterocycles. The Hall–Kier alpha value is -0.980. The predicted octanol–water partition coefficient (Wildman–Crippen LogP) is 3.08. The molecular weight excluding hydrogens is 328 g/mol. The molecule has 21 heavy (non-hydrogen) atoms. The third-order valence-corrected chi connectivity index (χ3v) is 3.41. The van der Waals surface area contributed by atoms with Crippen molar-refractivity contribution in [2.45, 2.75) is 6.18 Å². The van der Waals surface area contributed by atoms with Gasteiger partial charge in [0.1, 0.15) is 0 Å². The quantitative estimate of drug-likeness (QED) is 0.824. The maximum Gasteiger partial charge on any atom is 0.401 e. The van der Waals surface area contributed by atoms with E-state index < -0.39 is 12.7 Å². The van der Waals surface area contributed by atoms with Crippen LogP contribution in [0.25, 0.3) is 0 Å². The maximum atomic E-state index is 12.3. The van der Waals surface area contributed by atoms with Crippen molar-refractivity contribution in [3.05, 3.63) is 34.9 Å². The summed E-state index contributed by atoms with van der Waals surface area (Å²) in [4.78, 5) is 15.0. The highest BCUT2D eigenvalue weighted by molar-refractivity contribution is 6.30. The maximum absolute atomic E-state index is 12.3. The normalized spacial score (nSPS) is 16.5. The second-order valence-electron chi connectivity index (χ2n) is 4.69. The SMILES string of the molecule is Cl.O=C(c1ccc(Cl)cc1)N1CCN(CC(F)(F)F)CC1. The summed E-state index contributed by atoms with van der Waals surface area (Å²) in [5.41, 5.74) is 0.499. The summed E-state index contributed by atoms with van der Waals surface area (Å²) in [5, 5.41) is 0.538. The van der Waals surface area contributed by atoms with Crippen molar-refractivity contribution in [3.8, 4) is 0 Å². The topological polar surface area (TPSA) is 23.6 Å². The van der Waals surface area contributed by atoms with Crippen molar-refractivity contribution in [2.24, 2.45) is 0 Å². The molecule has 3 nitrogen and oxygen atoms in total. The van der Waals surface area contributed by atoms with Crippen LogP contribution in [0.5, 0.6) is 0 Å². The minimum atomic E-state index is -4.19. The van der Waals surface area contributed by atoms with Crippen LogP contribution < -0.4 is 0 Å². The van der Waals surface area contributed by atoms with Crippen LogP contribution in [0.1, 0.15) is 10.4 Å². The molecule has 1 heterocycles. The summed E-state index contributed by atoms with van der Waals surface area (Å²) < 4.78 is 36.8. The molecular formula is C13H15Cl2F3N2O. The van der Waals surface area contributed by atoms with Crippen molar-refractivity contribution in [3.63, 3.8) is 0 Å². The van der Waals surface area contributed by atoms with Crippen LogP contribution in [-0.4, -0.2) is 54.6 Å². The van der Waals surface area contributed by atoms with Crippen molar-refractivity contribution < 1.29 is 18.0 Å². The zero-order chi connectivity index (χ0) is 14.8. The minimum absolute atomic E-state index is 0. The van der Waals surface area contributed by atoms with Crippen LogP contribution in [0, 0.1) is 0 Å². The molecule has 0 aromatic heterocycles. The summed E-state index contributed by atoms with van der Waals surface area (Å²) in [6, 6.07) is 6.48. The molecule has 0 saturated carbocycles. The first kappa shape index (κ1) is 18.1. The lowest BCUT2D eigenvalue weighted by Gasteiger charge is -2.35. The lowest BCUT2D eigenvalue weighted by atomic mass is 10.2. The molecule has 1 aromatic carbocycles. The number of alkyl halides is 3. The van der Waals surface area contributed by atoms with Gasteiger partial charge in [0.15, 0.2) is 0 Å². The predicted molar refractivity (Wildman–Crippen MR) is 77.1 cm³/mol. The van der Waals surface area contributed by atoms with Crippen LogP contribution in [0.15, 0.2) is 24.3 Å². The number of amides is 1. The van der Waals surface area contributed by atoms with E-state index in [-0.39, 0.29) is 31.4 Å². The highest BCUT2D eigenvalue weighted by Gasteiger charge is 2.32. The number of piperazine rings is 1. The van der Waals surface area contributed by atoms with Gasteiger partial charge in [0.25, 0.3) is 5.91 Å². The fourth-order valence-electron chi connectivity index (χ4n) is 2.14. The van der Waals surface area contributed by atoms with Crippen LogP contribution >= 0.6 is 24.0 Å². The first-order chi connectivity index (χ1) is 9.35. The Bertz CT molecular complexity index is 471. The van der Waals surface area contributed by atoms with Gasteiger partial charge in [0.05, 0.1) is 6.54 Å². The fraction of sp³-hybridized carbons (Fsp3) is 0.462. The zero-order valence-electron chi connectivity index (χ0n) is 11.1. The molecule has 0 unspecified atom stereocenters. The van der Waals surface area contributed by atoms with E-state index in [0.29, 0.717) is 23.7 Å². The highest BCUT2D eigenvalue weighted by atomic mass is 35.5. The monoisotopic (exact) mass is 342 g/mol. The van der Waals surface area contributed by atoms with Crippen molar-refractivity contribution in [1.29, 1.82) is 0 Å². The Kier molecular flexibility index (Phi) is 6.31. The van der Waals surface area contributed by atoms with Gasteiger partial charge < -0.3 is 4.90 Å². The Morgan fingerprint density at radius 1 is 1.10 bits per heavy atom. The summed E-state index contributed by atoms with van der Waals surface area (Å²) in [7, 11) is 0. The van der Waals surface area contributed by atoms with Gasteiger partial charge in [0, 0.05) is 36.8 Å². The molecule has 0 N–H and O–H groups in total. The van der Waals surface area contributed by atoms with E-state index in [1.54, 1.807) is 29.2 Å². The van der Waals surface area contributed by atoms with E-state index in [0.717, 1.165) is 0 Å². The second-order valence-corrected chi connectivity index (χ2v) is 5.13. The molecule has 0 radical (unpaired) electrons. The van der Waals surface area contributed by atoms with Gasteiger partial charge in [-0.1, -0.05) is 11.6 Å². The van der Waals surface area contributed by atoms with Crippen molar-refractivity contribution in [2.75, 3.05) is 32.7 Å². The summed E-state index contributed by atoms with van der Waals surface area (Å²) >= 11 is 5.74. The number of nitrogens with zero attached hydrogens (tertiary/aromatic N) is 2. The Morgan fingerprint density at radius 2 is 1.62 bits per heavy atom. The molecule has 118 valence electrons. The van der Waals surface area contributed by atoms with Gasteiger partial charge in [-0.2, -0.15) is 13.2 Å². The molecule has 0 spiro atoms. The molecule has 0 atom stereocenters. The van der Waals surface area contributed by atoms with Crippen LogP contribution in [0.2, 0.25) is 5.02 Å². The molecule has 1 fully saturated rings. The first-order valence-corrected chi connectivity index (χ1v) is 6.57. The number of carbonyl (C=O) groups is 1. The second kappa shape index (κ2) is 7.33. The Labute approximate surface area is 132 Å². The standard InChI is InChI=1S/C13H14ClF3N2O.ClH/c14-11-3-1-10(2-4-11)12(20)19-7-5-18(6-8-19)9-13(15,16)17;/h1-4H,5-9H2;1H. The van der Waals surface area contributed by atoms with Gasteiger partial charge in [-0.3, -0.25) is 9.69 Å². The lowest BCUT2D eigenvalue weighted by Crippen LogP contribution is -2.50. The van der Waals surface area contributed by atoms with Gasteiger partial charge in [0.2, 0.25) is 0 Å². The lowest BCUT2D eigenvalue weighted by molar-refractivity contribution is -0.148. The molecule has 0 bridgehead atoms. The molecule has 1 aromatic rings. The van der Waals surface area contributed by atoms with E-state index in [2.05, 4.69) is 0 Å². The average molecular weight is 343 g/mol. The molecule has 1 aliphatic heterocycles. The summed E-state index contributed by atoms with van der Waals surface area (Å²) in [6.45, 7) is 0.155. The van der Waals surface area contributed by atoms with Crippen molar-refractivity contribution >= 4 is 29.9 Å². The molecule has 2 rings (SSSR count). The van der Waals surface area contributed by atoms with Gasteiger partial charge in [-0.15, -0.1) is 12.4 Å². The van der Waals surface area contributed by atoms with Crippen LogP contribution in [-0.2, 0) is 0 Å². The molecule has 8 heteroatoms. The molecule has 1 amide bonds. The van der Waals surface area contributed by atoms with E-state index in [1.807, 2.05) is 0 Å². The van der Waals surface area contributed by atoms with Crippen LogP contribution in [0.4, 0.5) is 13.2 Å². The zero-order valence-corrected chi connectivity index (χ0v) is 12.6. The van der Waals surface area contributed by atoms with E-state index in [1.165, 1.54) is 4.90 Å². The van der Waals surface area contributed by atoms with Crippen LogP contribution in [0.3, 0.4) is 0 Å². The molecule has 1 aliphatic rings. The number of halogens is 5. The van der Waals surface area contributed by atoms with Crippen molar-refractivity contribution in [1.82, 2.24) is 9.80 Å². The van der Waals surface area contributed by atoms with E-state index in [4.69, 9.17) is 11.6 Å². The number of hydrogen-bond acceptors (Lipinski definition) is 2. The minimum Gasteiger partial charge on any atom is -0.336 e. The fourth-order valence-corrected chi connectivity index (χ4v) is 2.26. The van der Waals surface area contributed by atoms with Gasteiger partial charge in [-0.05, 0) is 24.3 Å². The van der Waals surface area contributed by atoms with E-state index in [9.17, 15) is 18.0 Å². The summed E-state index contributed by atoms with van der Waals surface area (Å²) in [6.07, 6.45) is -4.19. The smallest absolute Gasteiger partial charge is 0.336 e. The van der Waals surface area contributed by atoms with Gasteiger partial charge in [-0.25, -0.2) is 0 Å². The highest BCUT2D eigenvalue weighted by Crippen LogP contribution is 2.18. The number of hydrogen-bond donors (Lipinski definition) is 0. The Morgan fingerprint density at radius 3 is 2.10 bits per heavy atom. The van der Waals surface area contributed by atoms with Gasteiger partial charge >= 0.3 is 6.18 Å². The Balaban J connectivity index is 0.00000220. The molecule has 0 aliphatic carbocycles. The summed E-state index contributed by atoms with van der Waals surface area (Å²) in [5.74, 6) is -0.173. The van der Waals surface area contributed by atoms with E-state index >= 15 is 0 Å². The average Bonchev–Trinajstić information content (AvgIpc) is 2.38. The third-order valence-electron chi connectivity index (χ3n) is 3.15. The number of rotatable bonds is 2. The number of carbonyl (C=O) groups excluding carboxylic acids is 1. The largest absolute Gasteiger partial charge is 0.401 e. The number of benzene rings is 1. The first-order valence-electron chi connectivity index (χ1n) is 6.19. The third kappa shape index (κ3) is 5.37.